The summed E-state index contributed by atoms with van der Waals surface area (Å²) in [5.74, 6) is -0.0351. The third kappa shape index (κ3) is 4.22. The van der Waals surface area contributed by atoms with Gasteiger partial charge in [-0.15, -0.1) is 0 Å². The molecule has 0 aliphatic carbocycles. The number of rotatable bonds is 5. The van der Waals surface area contributed by atoms with Crippen molar-refractivity contribution in [3.05, 3.63) is 38.7 Å². The van der Waals surface area contributed by atoms with Crippen molar-refractivity contribution in [2.24, 2.45) is 0 Å². The quantitative estimate of drug-likeness (QED) is 0.399. The van der Waals surface area contributed by atoms with Gasteiger partial charge in [0.2, 0.25) is 0 Å². The number of amides is 1. The van der Waals surface area contributed by atoms with Gasteiger partial charge in [0.1, 0.15) is 4.32 Å². The zero-order valence-corrected chi connectivity index (χ0v) is 14.7. The lowest BCUT2D eigenvalue weighted by atomic mass is 10.2. The monoisotopic (exact) mass is 359 g/mol. The van der Waals surface area contributed by atoms with Crippen LogP contribution < -0.4 is 0 Å². The van der Waals surface area contributed by atoms with E-state index in [-0.39, 0.29) is 5.91 Å². The molecule has 0 aromatic heterocycles. The predicted octanol–water partition coefficient (Wildman–Crippen LogP) is 5.38. The molecule has 1 aromatic carbocycles. The second-order valence-corrected chi connectivity index (χ2v) is 7.23. The van der Waals surface area contributed by atoms with Crippen molar-refractivity contribution >= 4 is 63.5 Å². The van der Waals surface area contributed by atoms with Crippen molar-refractivity contribution in [3.63, 3.8) is 0 Å². The highest BCUT2D eigenvalue weighted by Gasteiger charge is 2.31. The maximum Gasteiger partial charge on any atom is 0.266 e. The fourth-order valence-electron chi connectivity index (χ4n) is 1.97. The smallest absolute Gasteiger partial charge is 0.266 e. The Hall–Kier alpha value is -0.550. The Bertz CT molecular complexity index is 601. The Morgan fingerprint density at radius 1 is 1.33 bits per heavy atom. The van der Waals surface area contributed by atoms with Gasteiger partial charge >= 0.3 is 0 Å². The molecule has 1 aliphatic rings. The highest BCUT2D eigenvalue weighted by molar-refractivity contribution is 8.26. The number of halogens is 2. The predicted molar refractivity (Wildman–Crippen MR) is 95.9 cm³/mol. The highest BCUT2D eigenvalue weighted by Crippen LogP contribution is 2.34. The molecule has 0 N–H and O–H groups in total. The minimum absolute atomic E-state index is 0.0351. The lowest BCUT2D eigenvalue weighted by molar-refractivity contribution is -0.122. The van der Waals surface area contributed by atoms with E-state index in [1.54, 1.807) is 29.2 Å². The lowest BCUT2D eigenvalue weighted by Gasteiger charge is -2.13. The summed E-state index contributed by atoms with van der Waals surface area (Å²) in [4.78, 5) is 14.7. The van der Waals surface area contributed by atoms with Crippen LogP contribution in [0.1, 0.15) is 31.7 Å². The molecule has 1 saturated heterocycles. The van der Waals surface area contributed by atoms with Gasteiger partial charge in [0.25, 0.3) is 5.91 Å². The summed E-state index contributed by atoms with van der Waals surface area (Å²) in [6.45, 7) is 2.82. The van der Waals surface area contributed by atoms with Gasteiger partial charge in [0.05, 0.1) is 4.91 Å². The third-order valence-corrected chi connectivity index (χ3v) is 5.05. The molecule has 21 heavy (non-hydrogen) atoms. The van der Waals surface area contributed by atoms with Crippen LogP contribution in [0.25, 0.3) is 6.08 Å². The van der Waals surface area contributed by atoms with Crippen LogP contribution in [0.3, 0.4) is 0 Å². The number of benzene rings is 1. The van der Waals surface area contributed by atoms with Gasteiger partial charge in [0.15, 0.2) is 0 Å². The zero-order chi connectivity index (χ0) is 15.4. The Morgan fingerprint density at radius 2 is 2.10 bits per heavy atom. The van der Waals surface area contributed by atoms with Crippen LogP contribution in [0.15, 0.2) is 23.1 Å². The summed E-state index contributed by atoms with van der Waals surface area (Å²) < 4.78 is 0.618. The lowest BCUT2D eigenvalue weighted by Crippen LogP contribution is -2.28. The average Bonchev–Trinajstić information content (AvgIpc) is 2.69. The van der Waals surface area contributed by atoms with Crippen LogP contribution in [0, 0.1) is 0 Å². The van der Waals surface area contributed by atoms with Crippen LogP contribution in [0.2, 0.25) is 10.0 Å². The molecule has 6 heteroatoms. The van der Waals surface area contributed by atoms with E-state index in [4.69, 9.17) is 35.4 Å². The summed E-state index contributed by atoms with van der Waals surface area (Å²) >= 11 is 18.6. The van der Waals surface area contributed by atoms with Crippen molar-refractivity contribution in [3.8, 4) is 0 Å². The SMILES string of the molecule is CCCCCN1C(=O)C(=Cc2ccc(Cl)cc2Cl)SC1=S. The molecule has 1 amide bonds. The number of hydrogen-bond donors (Lipinski definition) is 0. The molecule has 0 unspecified atom stereocenters. The number of hydrogen-bond acceptors (Lipinski definition) is 3. The van der Waals surface area contributed by atoms with E-state index in [0.29, 0.717) is 25.8 Å². The Morgan fingerprint density at radius 3 is 2.76 bits per heavy atom. The second-order valence-electron chi connectivity index (χ2n) is 4.71. The Labute approximate surface area is 144 Å². The topological polar surface area (TPSA) is 20.3 Å². The summed E-state index contributed by atoms with van der Waals surface area (Å²) in [7, 11) is 0. The third-order valence-electron chi connectivity index (χ3n) is 3.11. The molecular weight excluding hydrogens is 345 g/mol. The van der Waals surface area contributed by atoms with Crippen LogP contribution >= 0.6 is 47.2 Å². The number of thiocarbonyl (C=S) groups is 1. The van der Waals surface area contributed by atoms with Crippen molar-refractivity contribution in [2.45, 2.75) is 26.2 Å². The standard InChI is InChI=1S/C15H15Cl2NOS2/c1-2-3-4-7-18-14(19)13(21-15(18)20)8-10-5-6-11(16)9-12(10)17/h5-6,8-9H,2-4,7H2,1H3. The maximum absolute atomic E-state index is 12.4. The van der Waals surface area contributed by atoms with Crippen LogP contribution in [0.5, 0.6) is 0 Å². The molecule has 1 aliphatic heterocycles. The molecule has 1 fully saturated rings. The molecule has 0 saturated carbocycles. The largest absolute Gasteiger partial charge is 0.293 e. The number of carbonyl (C=O) groups is 1. The molecular formula is C15H15Cl2NOS2. The van der Waals surface area contributed by atoms with E-state index in [1.165, 1.54) is 11.8 Å². The first kappa shape index (κ1) is 16.8. The molecule has 1 heterocycles. The van der Waals surface area contributed by atoms with Crippen molar-refractivity contribution in [2.75, 3.05) is 6.54 Å². The molecule has 0 radical (unpaired) electrons. The second kappa shape index (κ2) is 7.63. The minimum atomic E-state index is -0.0351. The minimum Gasteiger partial charge on any atom is -0.293 e. The van der Waals surface area contributed by atoms with Crippen molar-refractivity contribution < 1.29 is 4.79 Å². The van der Waals surface area contributed by atoms with E-state index >= 15 is 0 Å². The normalized spacial score (nSPS) is 17.1. The average molecular weight is 360 g/mol. The summed E-state index contributed by atoms with van der Waals surface area (Å²) in [5.41, 5.74) is 0.773. The van der Waals surface area contributed by atoms with Crippen LogP contribution in [-0.2, 0) is 4.79 Å². The fraction of sp³-hybridized carbons (Fsp3) is 0.333. The van der Waals surface area contributed by atoms with Crippen molar-refractivity contribution in [1.29, 1.82) is 0 Å². The van der Waals surface area contributed by atoms with Gasteiger partial charge in [-0.05, 0) is 30.2 Å². The number of thioether (sulfide) groups is 1. The molecule has 112 valence electrons. The fourth-order valence-corrected chi connectivity index (χ4v) is 3.73. The zero-order valence-electron chi connectivity index (χ0n) is 11.6. The van der Waals surface area contributed by atoms with E-state index in [1.807, 2.05) is 0 Å². The highest BCUT2D eigenvalue weighted by atomic mass is 35.5. The van der Waals surface area contributed by atoms with E-state index in [2.05, 4.69) is 6.92 Å². The molecule has 2 rings (SSSR count). The first-order chi connectivity index (χ1) is 10.0. The molecule has 0 bridgehead atoms. The molecule has 2 nitrogen and oxygen atoms in total. The maximum atomic E-state index is 12.4. The van der Waals surface area contributed by atoms with Crippen molar-refractivity contribution in [1.82, 2.24) is 4.90 Å². The van der Waals surface area contributed by atoms with Gasteiger partial charge in [-0.2, -0.15) is 0 Å². The van der Waals surface area contributed by atoms with E-state index < -0.39 is 0 Å². The molecule has 1 aromatic rings. The van der Waals surface area contributed by atoms with Gasteiger partial charge in [-0.3, -0.25) is 9.69 Å². The van der Waals surface area contributed by atoms with Crippen LogP contribution in [0.4, 0.5) is 0 Å². The van der Waals surface area contributed by atoms with Crippen LogP contribution in [-0.4, -0.2) is 21.7 Å². The number of unbranched alkanes of at least 4 members (excludes halogenated alkanes) is 2. The summed E-state index contributed by atoms with van der Waals surface area (Å²) in [6.07, 6.45) is 4.96. The van der Waals surface area contributed by atoms with Gasteiger partial charge < -0.3 is 0 Å². The van der Waals surface area contributed by atoms with E-state index in [0.717, 1.165) is 24.8 Å². The van der Waals surface area contributed by atoms with Gasteiger partial charge in [-0.1, -0.05) is 73.0 Å². The molecule has 0 atom stereocenters. The first-order valence-electron chi connectivity index (χ1n) is 6.73. The first-order valence-corrected chi connectivity index (χ1v) is 8.71. The number of carbonyl (C=O) groups excluding carboxylic acids is 1. The Balaban J connectivity index is 2.16. The van der Waals surface area contributed by atoms with Gasteiger partial charge in [-0.25, -0.2) is 0 Å². The number of nitrogens with zero attached hydrogens (tertiary/aromatic N) is 1. The Kier molecular flexibility index (Phi) is 6.11. The summed E-state index contributed by atoms with van der Waals surface area (Å²) in [5, 5.41) is 1.10. The summed E-state index contributed by atoms with van der Waals surface area (Å²) in [6, 6.07) is 5.21. The molecule has 0 spiro atoms. The van der Waals surface area contributed by atoms with E-state index in [9.17, 15) is 4.79 Å². The van der Waals surface area contributed by atoms with Gasteiger partial charge in [0, 0.05) is 16.6 Å².